The van der Waals surface area contributed by atoms with E-state index in [4.69, 9.17) is 19.3 Å². The molecule has 45 heavy (non-hydrogen) atoms. The fourth-order valence-electron chi connectivity index (χ4n) is 5.02. The van der Waals surface area contributed by atoms with Crippen LogP contribution in [0.25, 0.3) is 11.1 Å². The normalized spacial score (nSPS) is 15.2. The molecule has 3 rings (SSSR count). The van der Waals surface area contributed by atoms with Crippen LogP contribution in [0.1, 0.15) is 107 Å². The van der Waals surface area contributed by atoms with Crippen LogP contribution in [0.5, 0.6) is 11.5 Å². The van der Waals surface area contributed by atoms with Crippen LogP contribution in [0.15, 0.2) is 72.4 Å². The van der Waals surface area contributed by atoms with Crippen LogP contribution >= 0.6 is 0 Å². The number of allylic oxidation sites excluding steroid dienone is 7. The number of carbonyl (C=O) groups is 1. The van der Waals surface area contributed by atoms with E-state index in [9.17, 15) is 10.1 Å². The van der Waals surface area contributed by atoms with E-state index in [0.29, 0.717) is 35.8 Å². The van der Waals surface area contributed by atoms with Crippen molar-refractivity contribution in [1.29, 1.82) is 5.26 Å². The predicted octanol–water partition coefficient (Wildman–Crippen LogP) is 9.28. The maximum atomic E-state index is 11.8. The van der Waals surface area contributed by atoms with Gasteiger partial charge < -0.3 is 19.3 Å². The molecule has 1 aliphatic heterocycles. The first-order valence-electron chi connectivity index (χ1n) is 15.9. The van der Waals surface area contributed by atoms with Crippen molar-refractivity contribution in [2.45, 2.75) is 92.3 Å². The lowest BCUT2D eigenvalue weighted by Gasteiger charge is -2.24. The van der Waals surface area contributed by atoms with Crippen molar-refractivity contribution in [3.63, 3.8) is 0 Å². The maximum absolute atomic E-state index is 11.8. The quantitative estimate of drug-likeness (QED) is 0.179. The molecule has 0 aromatic heterocycles. The number of unbranched alkanes of at least 4 members (excludes halogenated alkanes) is 1. The lowest BCUT2D eigenvalue weighted by Crippen LogP contribution is -2.26. The molecule has 0 aliphatic carbocycles. The minimum atomic E-state index is -0.0463. The molecular weight excluding hydrogens is 562 g/mol. The third kappa shape index (κ3) is 11.5. The zero-order valence-corrected chi connectivity index (χ0v) is 28.2. The summed E-state index contributed by atoms with van der Waals surface area (Å²) in [6.45, 7) is 17.1. The summed E-state index contributed by atoms with van der Waals surface area (Å²) in [5.41, 5.74) is 7.07. The van der Waals surface area contributed by atoms with Crippen LogP contribution in [0.3, 0.4) is 0 Å². The van der Waals surface area contributed by atoms with Crippen LogP contribution < -0.4 is 9.47 Å². The SMILES string of the molecule is C=C\C=C(/C(C)=C(C)/C=C(\C)c1ccc(C(C)=O)cc1OC)c1ccc(OC2CCOCC2)c(C#N)c1.CCCCC(O)CC. The van der Waals surface area contributed by atoms with E-state index >= 15 is 0 Å². The van der Waals surface area contributed by atoms with Crippen molar-refractivity contribution in [3.8, 4) is 17.6 Å². The zero-order chi connectivity index (χ0) is 33.4. The Morgan fingerprint density at radius 1 is 1.09 bits per heavy atom. The number of hydrogen-bond donors (Lipinski definition) is 1. The molecule has 0 bridgehead atoms. The van der Waals surface area contributed by atoms with Crippen LogP contribution in [0, 0.1) is 11.3 Å². The third-order valence-electron chi connectivity index (χ3n) is 7.98. The summed E-state index contributed by atoms with van der Waals surface area (Å²) in [5.74, 6) is 1.26. The average molecular weight is 614 g/mol. The van der Waals surface area contributed by atoms with Gasteiger partial charge in [0.15, 0.2) is 5.78 Å². The second-order valence-corrected chi connectivity index (χ2v) is 11.4. The van der Waals surface area contributed by atoms with Gasteiger partial charge in [0.2, 0.25) is 0 Å². The van der Waals surface area contributed by atoms with Gasteiger partial charge in [-0.3, -0.25) is 4.79 Å². The number of aliphatic hydroxyl groups excluding tert-OH is 1. The summed E-state index contributed by atoms with van der Waals surface area (Å²) in [7, 11) is 1.61. The number of Topliss-reactive ketones (excluding diaryl/α,β-unsaturated/α-hetero) is 1. The zero-order valence-electron chi connectivity index (χ0n) is 28.2. The van der Waals surface area contributed by atoms with Gasteiger partial charge in [-0.05, 0) is 86.6 Å². The number of benzene rings is 2. The molecule has 1 atom stereocenters. The van der Waals surface area contributed by atoms with Gasteiger partial charge in [-0.1, -0.05) is 69.7 Å². The van der Waals surface area contributed by atoms with E-state index in [1.54, 1.807) is 26.2 Å². The van der Waals surface area contributed by atoms with E-state index in [1.807, 2.05) is 50.3 Å². The Morgan fingerprint density at radius 2 is 1.78 bits per heavy atom. The van der Waals surface area contributed by atoms with Gasteiger partial charge in [-0.25, -0.2) is 0 Å². The largest absolute Gasteiger partial charge is 0.496 e. The summed E-state index contributed by atoms with van der Waals surface area (Å²) >= 11 is 0. The molecule has 1 aliphatic rings. The first kappa shape index (κ1) is 37.3. The van der Waals surface area contributed by atoms with Crippen molar-refractivity contribution >= 4 is 16.9 Å². The van der Waals surface area contributed by atoms with Crippen molar-refractivity contribution in [3.05, 3.63) is 94.6 Å². The molecule has 2 aromatic rings. The molecule has 1 saturated heterocycles. The molecule has 2 aromatic carbocycles. The molecule has 0 saturated carbocycles. The molecule has 0 spiro atoms. The number of rotatable bonds is 13. The maximum Gasteiger partial charge on any atom is 0.159 e. The summed E-state index contributed by atoms with van der Waals surface area (Å²) in [4.78, 5) is 11.8. The van der Waals surface area contributed by atoms with Crippen LogP contribution in [-0.2, 0) is 4.74 Å². The van der Waals surface area contributed by atoms with E-state index in [2.05, 4.69) is 39.5 Å². The Balaban J connectivity index is 0.000000777. The second kappa shape index (κ2) is 19.5. The fourth-order valence-corrected chi connectivity index (χ4v) is 5.02. The first-order chi connectivity index (χ1) is 21.6. The number of nitrogens with zero attached hydrogens (tertiary/aromatic N) is 1. The van der Waals surface area contributed by atoms with Gasteiger partial charge in [0.1, 0.15) is 23.7 Å². The van der Waals surface area contributed by atoms with E-state index in [0.717, 1.165) is 65.5 Å². The minimum absolute atomic E-state index is 0.00137. The molecule has 1 fully saturated rings. The van der Waals surface area contributed by atoms with Gasteiger partial charge in [-0.2, -0.15) is 5.26 Å². The molecule has 242 valence electrons. The van der Waals surface area contributed by atoms with Crippen molar-refractivity contribution in [2.75, 3.05) is 20.3 Å². The van der Waals surface area contributed by atoms with Crippen molar-refractivity contribution in [1.82, 2.24) is 0 Å². The Kier molecular flexibility index (Phi) is 16.1. The molecule has 0 amide bonds. The fraction of sp³-hybridized carbons (Fsp3) is 0.436. The summed E-state index contributed by atoms with van der Waals surface area (Å²) in [6, 6.07) is 13.6. The van der Waals surface area contributed by atoms with E-state index in [-0.39, 0.29) is 18.0 Å². The average Bonchev–Trinajstić information content (AvgIpc) is 3.06. The minimum Gasteiger partial charge on any atom is -0.496 e. The number of nitriles is 1. The lowest BCUT2D eigenvalue weighted by atomic mass is 9.92. The smallest absolute Gasteiger partial charge is 0.159 e. The number of aliphatic hydroxyl groups is 1. The van der Waals surface area contributed by atoms with Gasteiger partial charge >= 0.3 is 0 Å². The molecular formula is C39H51NO5. The number of methoxy groups -OCH3 is 1. The van der Waals surface area contributed by atoms with Crippen LogP contribution in [0.2, 0.25) is 0 Å². The van der Waals surface area contributed by atoms with E-state index < -0.39 is 0 Å². The number of ketones is 1. The number of hydrogen-bond acceptors (Lipinski definition) is 6. The highest BCUT2D eigenvalue weighted by molar-refractivity contribution is 5.95. The molecule has 6 nitrogen and oxygen atoms in total. The van der Waals surface area contributed by atoms with Crippen molar-refractivity contribution < 1.29 is 24.1 Å². The van der Waals surface area contributed by atoms with Gasteiger partial charge in [0.25, 0.3) is 0 Å². The van der Waals surface area contributed by atoms with Crippen LogP contribution in [-0.4, -0.2) is 43.4 Å². The second-order valence-electron chi connectivity index (χ2n) is 11.4. The van der Waals surface area contributed by atoms with Gasteiger partial charge in [0.05, 0.1) is 32.0 Å². The molecule has 1 N–H and O–H groups in total. The highest BCUT2D eigenvalue weighted by Crippen LogP contribution is 2.33. The Morgan fingerprint density at radius 3 is 2.36 bits per heavy atom. The lowest BCUT2D eigenvalue weighted by molar-refractivity contribution is 0.0254. The predicted molar refractivity (Wildman–Crippen MR) is 185 cm³/mol. The van der Waals surface area contributed by atoms with Crippen LogP contribution in [0.4, 0.5) is 0 Å². The van der Waals surface area contributed by atoms with Gasteiger partial charge in [-0.15, -0.1) is 0 Å². The molecule has 6 heteroatoms. The summed E-state index contributed by atoms with van der Waals surface area (Å²) in [6.07, 6.45) is 11.7. The highest BCUT2D eigenvalue weighted by Gasteiger charge is 2.18. The molecule has 0 radical (unpaired) electrons. The standard InChI is InChI=1S/C32H35NO4.C7H16O/c1-7-8-30(26-10-12-31(27(18-26)20-33)37-28-13-15-36-16-14-28)23(4)21(2)17-22(3)29-11-9-25(24(5)34)19-32(29)35-6;1-3-5-6-7(8)4-2/h7-12,17-19,28H,1,13-16H2,2-6H3;7-8H,3-6H2,1-2H3/b22-17+,23-21+,30-8+;. The highest BCUT2D eigenvalue weighted by atomic mass is 16.5. The number of ether oxygens (including phenoxy) is 3. The monoisotopic (exact) mass is 613 g/mol. The van der Waals surface area contributed by atoms with Gasteiger partial charge in [0, 0.05) is 24.0 Å². The Labute approximate surface area is 270 Å². The molecule has 1 unspecified atom stereocenters. The van der Waals surface area contributed by atoms with Crippen molar-refractivity contribution in [2.24, 2.45) is 0 Å². The van der Waals surface area contributed by atoms with E-state index in [1.165, 1.54) is 6.42 Å². The summed E-state index contributed by atoms with van der Waals surface area (Å²) < 4.78 is 17.1. The Bertz CT molecular complexity index is 1420. The Hall–Kier alpha value is -3.92. The number of carbonyl (C=O) groups excluding carboxylic acids is 1. The topological polar surface area (TPSA) is 88.8 Å². The third-order valence-corrected chi connectivity index (χ3v) is 7.98. The molecule has 1 heterocycles. The first-order valence-corrected chi connectivity index (χ1v) is 15.9. The summed E-state index contributed by atoms with van der Waals surface area (Å²) in [5, 5.41) is 18.8.